The Kier molecular flexibility index (Phi) is 5.90. The molecule has 0 aliphatic heterocycles. The number of alkyl halides is 1. The van der Waals surface area contributed by atoms with Crippen LogP contribution in [0.1, 0.15) is 15.9 Å². The fourth-order valence-electron chi connectivity index (χ4n) is 1.83. The minimum absolute atomic E-state index is 0.131. The summed E-state index contributed by atoms with van der Waals surface area (Å²) in [6.07, 6.45) is 1.84. The van der Waals surface area contributed by atoms with Gasteiger partial charge in [-0.2, -0.15) is 0 Å². The number of para-hydroxylation sites is 1. The van der Waals surface area contributed by atoms with Crippen LogP contribution in [0.4, 0.5) is 5.69 Å². The Balaban J connectivity index is 2.17. The predicted octanol–water partition coefficient (Wildman–Crippen LogP) is 4.96. The van der Waals surface area contributed by atoms with Gasteiger partial charge in [-0.25, -0.2) is 0 Å². The molecule has 0 aliphatic carbocycles. The van der Waals surface area contributed by atoms with Crippen molar-refractivity contribution in [1.29, 1.82) is 0 Å². The van der Waals surface area contributed by atoms with Gasteiger partial charge in [-0.05, 0) is 29.8 Å². The lowest BCUT2D eigenvalue weighted by Crippen LogP contribution is -2.12. The Hall–Kier alpha value is -1.71. The molecule has 0 spiro atoms. The van der Waals surface area contributed by atoms with E-state index in [-0.39, 0.29) is 5.91 Å². The van der Waals surface area contributed by atoms with Gasteiger partial charge in [-0.3, -0.25) is 4.79 Å². The summed E-state index contributed by atoms with van der Waals surface area (Å²) in [7, 11) is 0. The Morgan fingerprint density at radius 2 is 2.05 bits per heavy atom. The number of carbonyl (C=O) groups is 1. The van der Waals surface area contributed by atoms with Gasteiger partial charge in [0.2, 0.25) is 0 Å². The second-order valence-corrected chi connectivity index (χ2v) is 5.71. The molecule has 21 heavy (non-hydrogen) atoms. The van der Waals surface area contributed by atoms with Crippen LogP contribution in [0.25, 0.3) is 0 Å². The highest BCUT2D eigenvalue weighted by molar-refractivity contribution is 7.99. The summed E-state index contributed by atoms with van der Waals surface area (Å²) in [6, 6.07) is 15.1. The lowest BCUT2D eigenvalue weighted by molar-refractivity contribution is 0.102. The van der Waals surface area contributed by atoms with Crippen molar-refractivity contribution in [3.63, 3.8) is 0 Å². The van der Waals surface area contributed by atoms with Crippen LogP contribution in [-0.2, 0) is 5.88 Å². The first-order valence-electron chi connectivity index (χ1n) is 6.53. The number of anilines is 1. The quantitative estimate of drug-likeness (QED) is 0.463. The topological polar surface area (TPSA) is 29.1 Å². The molecular formula is C17H16ClNOS. The molecule has 0 fully saturated rings. The molecule has 1 amide bonds. The van der Waals surface area contributed by atoms with E-state index in [1.54, 1.807) is 17.8 Å². The highest BCUT2D eigenvalue weighted by atomic mass is 35.5. The average Bonchev–Trinajstić information content (AvgIpc) is 2.54. The summed E-state index contributed by atoms with van der Waals surface area (Å²) in [5.74, 6) is 1.07. The molecule has 0 bridgehead atoms. The van der Waals surface area contributed by atoms with Gasteiger partial charge in [0.25, 0.3) is 5.91 Å². The first kappa shape index (κ1) is 15.7. The molecule has 1 N–H and O–H groups in total. The van der Waals surface area contributed by atoms with Crippen molar-refractivity contribution in [2.75, 3.05) is 11.1 Å². The maximum Gasteiger partial charge on any atom is 0.255 e. The lowest BCUT2D eigenvalue weighted by atomic mass is 10.1. The fourth-order valence-corrected chi connectivity index (χ4v) is 2.75. The summed E-state index contributed by atoms with van der Waals surface area (Å²) in [5.41, 5.74) is 2.35. The summed E-state index contributed by atoms with van der Waals surface area (Å²) in [6.45, 7) is 3.71. The number of hydrogen-bond acceptors (Lipinski definition) is 2. The van der Waals surface area contributed by atoms with Crippen LogP contribution < -0.4 is 5.32 Å². The number of amides is 1. The van der Waals surface area contributed by atoms with Gasteiger partial charge in [-0.15, -0.1) is 29.9 Å². The number of carbonyl (C=O) groups excluding carboxylic acids is 1. The van der Waals surface area contributed by atoms with Gasteiger partial charge < -0.3 is 5.32 Å². The first-order valence-corrected chi connectivity index (χ1v) is 8.05. The molecule has 0 unspecified atom stereocenters. The molecule has 0 saturated heterocycles. The van der Waals surface area contributed by atoms with E-state index in [1.807, 2.05) is 48.5 Å². The maximum atomic E-state index is 12.3. The van der Waals surface area contributed by atoms with Crippen LogP contribution in [0.3, 0.4) is 0 Å². The van der Waals surface area contributed by atoms with Crippen molar-refractivity contribution >= 4 is 35.0 Å². The molecule has 0 heterocycles. The van der Waals surface area contributed by atoms with Crippen molar-refractivity contribution in [2.45, 2.75) is 10.8 Å². The molecule has 4 heteroatoms. The van der Waals surface area contributed by atoms with Gasteiger partial charge in [0, 0.05) is 22.1 Å². The molecule has 0 aromatic heterocycles. The van der Waals surface area contributed by atoms with E-state index in [0.29, 0.717) is 11.4 Å². The number of benzene rings is 2. The van der Waals surface area contributed by atoms with Gasteiger partial charge >= 0.3 is 0 Å². The van der Waals surface area contributed by atoms with Crippen molar-refractivity contribution in [2.24, 2.45) is 0 Å². The van der Waals surface area contributed by atoms with Crippen LogP contribution >= 0.6 is 23.4 Å². The number of thioether (sulfide) groups is 1. The summed E-state index contributed by atoms with van der Waals surface area (Å²) in [4.78, 5) is 13.4. The third-order valence-corrected chi connectivity index (χ3v) is 4.21. The Bertz CT molecular complexity index is 642. The predicted molar refractivity (Wildman–Crippen MR) is 91.3 cm³/mol. The third kappa shape index (κ3) is 4.38. The molecule has 2 nitrogen and oxygen atoms in total. The van der Waals surface area contributed by atoms with E-state index in [1.165, 1.54) is 0 Å². The van der Waals surface area contributed by atoms with Crippen molar-refractivity contribution in [1.82, 2.24) is 0 Å². The number of hydrogen-bond donors (Lipinski definition) is 1. The van der Waals surface area contributed by atoms with Crippen molar-refractivity contribution < 1.29 is 4.79 Å². The zero-order chi connectivity index (χ0) is 15.1. The molecule has 108 valence electrons. The average molecular weight is 318 g/mol. The summed E-state index contributed by atoms with van der Waals surface area (Å²) < 4.78 is 0. The molecule has 0 atom stereocenters. The SMILES string of the molecule is C=CCSc1ccccc1NC(=O)c1cccc(CCl)c1. The lowest BCUT2D eigenvalue weighted by Gasteiger charge is -2.10. The normalized spacial score (nSPS) is 10.1. The molecular weight excluding hydrogens is 302 g/mol. The van der Waals surface area contributed by atoms with Gasteiger partial charge in [0.15, 0.2) is 0 Å². The standard InChI is InChI=1S/C17H16ClNOS/c1-2-10-21-16-9-4-3-8-15(16)19-17(20)14-7-5-6-13(11-14)12-18/h2-9,11H,1,10,12H2,(H,19,20). The number of nitrogens with one attached hydrogen (secondary N) is 1. The fraction of sp³-hybridized carbons (Fsp3) is 0.118. The van der Waals surface area contributed by atoms with Gasteiger partial charge in [0.05, 0.1) is 5.69 Å². The van der Waals surface area contributed by atoms with Crippen molar-refractivity contribution in [3.8, 4) is 0 Å². The smallest absolute Gasteiger partial charge is 0.255 e. The summed E-state index contributed by atoms with van der Waals surface area (Å²) >= 11 is 7.44. The first-order chi connectivity index (χ1) is 10.2. The molecule has 2 aromatic carbocycles. The minimum atomic E-state index is -0.131. The van der Waals surface area contributed by atoms with E-state index < -0.39 is 0 Å². The largest absolute Gasteiger partial charge is 0.321 e. The van der Waals surface area contributed by atoms with Crippen LogP contribution in [0.5, 0.6) is 0 Å². The highest BCUT2D eigenvalue weighted by Gasteiger charge is 2.09. The van der Waals surface area contributed by atoms with E-state index in [4.69, 9.17) is 11.6 Å². The third-order valence-electron chi connectivity index (χ3n) is 2.84. The monoisotopic (exact) mass is 317 g/mol. The highest BCUT2D eigenvalue weighted by Crippen LogP contribution is 2.27. The minimum Gasteiger partial charge on any atom is -0.321 e. The maximum absolute atomic E-state index is 12.3. The zero-order valence-electron chi connectivity index (χ0n) is 11.5. The van der Waals surface area contributed by atoms with Crippen molar-refractivity contribution in [3.05, 3.63) is 72.3 Å². The molecule has 2 rings (SSSR count). The Morgan fingerprint density at radius 3 is 2.81 bits per heavy atom. The second kappa shape index (κ2) is 7.91. The van der Waals surface area contributed by atoms with Crippen LogP contribution in [0, 0.1) is 0 Å². The molecule has 0 radical (unpaired) electrons. The van der Waals surface area contributed by atoms with Gasteiger partial charge in [0.1, 0.15) is 0 Å². The van der Waals surface area contributed by atoms with Crippen LogP contribution in [0.15, 0.2) is 66.1 Å². The zero-order valence-corrected chi connectivity index (χ0v) is 13.1. The number of rotatable bonds is 6. The van der Waals surface area contributed by atoms with E-state index in [0.717, 1.165) is 21.9 Å². The number of halogens is 1. The molecule has 0 saturated carbocycles. The molecule has 0 aliphatic rings. The van der Waals surface area contributed by atoms with Gasteiger partial charge in [-0.1, -0.05) is 30.3 Å². The van der Waals surface area contributed by atoms with Crippen LogP contribution in [-0.4, -0.2) is 11.7 Å². The summed E-state index contributed by atoms with van der Waals surface area (Å²) in [5, 5.41) is 2.95. The molecule has 2 aromatic rings. The van der Waals surface area contributed by atoms with E-state index in [9.17, 15) is 4.79 Å². The Labute approximate surface area is 134 Å². The Morgan fingerprint density at radius 1 is 1.24 bits per heavy atom. The van der Waals surface area contributed by atoms with E-state index in [2.05, 4.69) is 11.9 Å². The van der Waals surface area contributed by atoms with E-state index >= 15 is 0 Å². The second-order valence-electron chi connectivity index (χ2n) is 4.38. The van der Waals surface area contributed by atoms with Crippen LogP contribution in [0.2, 0.25) is 0 Å².